The zero-order valence-electron chi connectivity index (χ0n) is 9.54. The highest BCUT2D eigenvalue weighted by Crippen LogP contribution is 2.13. The summed E-state index contributed by atoms with van der Waals surface area (Å²) in [5.41, 5.74) is 2.35. The summed E-state index contributed by atoms with van der Waals surface area (Å²) in [4.78, 5) is 1.27. The Bertz CT molecular complexity index is 530. The quantitative estimate of drug-likeness (QED) is 0.649. The van der Waals surface area contributed by atoms with Crippen LogP contribution in [-0.4, -0.2) is 0 Å². The van der Waals surface area contributed by atoms with E-state index >= 15 is 0 Å². The highest BCUT2D eigenvalue weighted by Gasteiger charge is 1.91. The van der Waals surface area contributed by atoms with E-state index in [0.717, 1.165) is 5.56 Å². The van der Waals surface area contributed by atoms with Crippen molar-refractivity contribution in [1.29, 1.82) is 0 Å². The van der Waals surface area contributed by atoms with Crippen LogP contribution >= 0.6 is 11.3 Å². The Morgan fingerprint density at radius 2 is 1.65 bits per heavy atom. The van der Waals surface area contributed by atoms with Crippen LogP contribution in [0.1, 0.15) is 16.0 Å². The average molecular weight is 238 g/mol. The molecule has 0 saturated carbocycles. The molecular weight excluding hydrogens is 224 g/mol. The summed E-state index contributed by atoms with van der Waals surface area (Å²) < 4.78 is 0. The van der Waals surface area contributed by atoms with Gasteiger partial charge in [-0.2, -0.15) is 0 Å². The van der Waals surface area contributed by atoms with Gasteiger partial charge in [0.15, 0.2) is 0 Å². The fourth-order valence-corrected chi connectivity index (χ4v) is 2.17. The third-order valence-corrected chi connectivity index (χ3v) is 3.24. The first-order valence-electron chi connectivity index (χ1n) is 5.50. The van der Waals surface area contributed by atoms with E-state index in [4.69, 9.17) is 0 Å². The summed E-state index contributed by atoms with van der Waals surface area (Å²) in [5.74, 6) is 0. The van der Waals surface area contributed by atoms with E-state index < -0.39 is 0 Å². The lowest BCUT2D eigenvalue weighted by Gasteiger charge is -1.97. The molecule has 0 aliphatic carbocycles. The minimum absolute atomic E-state index is 1.16. The lowest BCUT2D eigenvalue weighted by Crippen LogP contribution is -1.77. The number of allylic oxidation sites excluding steroid dienone is 2. The van der Waals surface area contributed by atoms with Crippen LogP contribution in [0, 0.1) is 0 Å². The van der Waals surface area contributed by atoms with E-state index in [9.17, 15) is 0 Å². The molecule has 0 N–H and O–H groups in total. The number of hydrogen-bond donors (Lipinski definition) is 0. The van der Waals surface area contributed by atoms with Crippen LogP contribution in [0.4, 0.5) is 0 Å². The predicted molar refractivity (Wildman–Crippen MR) is 78.9 cm³/mol. The van der Waals surface area contributed by atoms with E-state index in [1.807, 2.05) is 18.2 Å². The van der Waals surface area contributed by atoms with E-state index in [0.29, 0.717) is 0 Å². The van der Waals surface area contributed by atoms with Crippen LogP contribution in [0.2, 0.25) is 0 Å². The summed E-state index contributed by atoms with van der Waals surface area (Å²) >= 11 is 1.74. The number of hydrogen-bond acceptors (Lipinski definition) is 1. The largest absolute Gasteiger partial charge is 0.144 e. The van der Waals surface area contributed by atoms with Crippen molar-refractivity contribution >= 4 is 29.6 Å². The average Bonchev–Trinajstić information content (AvgIpc) is 2.88. The lowest BCUT2D eigenvalue weighted by molar-refractivity contribution is 1.61. The Kier molecular flexibility index (Phi) is 4.11. The van der Waals surface area contributed by atoms with Crippen molar-refractivity contribution in [2.24, 2.45) is 0 Å². The second-order valence-electron chi connectivity index (χ2n) is 3.57. The molecule has 0 saturated heterocycles. The number of rotatable bonds is 4. The molecule has 84 valence electrons. The molecule has 1 aromatic carbocycles. The molecule has 2 aromatic rings. The molecule has 0 aliphatic heterocycles. The molecule has 0 fully saturated rings. The number of thiophene rings is 1. The first-order chi connectivity index (χ1) is 8.40. The molecule has 0 nitrogen and oxygen atoms in total. The monoisotopic (exact) mass is 238 g/mol. The molecule has 2 rings (SSSR count). The van der Waals surface area contributed by atoms with Gasteiger partial charge in [-0.15, -0.1) is 11.3 Å². The van der Waals surface area contributed by atoms with Gasteiger partial charge in [0.05, 0.1) is 0 Å². The third-order valence-electron chi connectivity index (χ3n) is 2.41. The van der Waals surface area contributed by atoms with Crippen LogP contribution in [0.25, 0.3) is 18.2 Å². The Labute approximate surface area is 106 Å². The fraction of sp³-hybridized carbons (Fsp3) is 0. The van der Waals surface area contributed by atoms with Gasteiger partial charge in [-0.05, 0) is 28.6 Å². The summed E-state index contributed by atoms with van der Waals surface area (Å²) in [7, 11) is 0. The third kappa shape index (κ3) is 3.30. The Hall–Kier alpha value is -1.86. The van der Waals surface area contributed by atoms with Gasteiger partial charge in [0.2, 0.25) is 0 Å². The minimum atomic E-state index is 1.16. The molecule has 1 aromatic heterocycles. The van der Waals surface area contributed by atoms with Crippen LogP contribution in [0.15, 0.2) is 60.5 Å². The molecule has 0 bridgehead atoms. The molecule has 0 radical (unpaired) electrons. The van der Waals surface area contributed by atoms with Gasteiger partial charge in [-0.3, -0.25) is 0 Å². The molecule has 0 amide bonds. The molecule has 0 spiro atoms. The van der Waals surface area contributed by atoms with E-state index in [-0.39, 0.29) is 0 Å². The van der Waals surface area contributed by atoms with Gasteiger partial charge < -0.3 is 0 Å². The zero-order chi connectivity index (χ0) is 11.9. The summed E-state index contributed by atoms with van der Waals surface area (Å²) in [6, 6.07) is 12.4. The van der Waals surface area contributed by atoms with Crippen molar-refractivity contribution < 1.29 is 0 Å². The van der Waals surface area contributed by atoms with Gasteiger partial charge in [-0.25, -0.2) is 0 Å². The van der Waals surface area contributed by atoms with Crippen LogP contribution in [0.3, 0.4) is 0 Å². The van der Waals surface area contributed by atoms with E-state index in [2.05, 4.69) is 60.5 Å². The first-order valence-corrected chi connectivity index (χ1v) is 6.38. The van der Waals surface area contributed by atoms with Crippen molar-refractivity contribution in [3.05, 3.63) is 76.5 Å². The SMILES string of the molecule is C=Cc1ccccc1/C=C/C=C/c1cccs1. The maximum Gasteiger partial charge on any atom is 0.0270 e. The Balaban J connectivity index is 2.08. The zero-order valence-corrected chi connectivity index (χ0v) is 10.4. The second-order valence-corrected chi connectivity index (χ2v) is 4.55. The van der Waals surface area contributed by atoms with Crippen LogP contribution in [0.5, 0.6) is 0 Å². The summed E-state index contributed by atoms with van der Waals surface area (Å²) in [6.45, 7) is 3.81. The fourth-order valence-electron chi connectivity index (χ4n) is 1.54. The molecule has 0 unspecified atom stereocenters. The van der Waals surface area contributed by atoms with Crippen LogP contribution < -0.4 is 0 Å². The molecule has 0 atom stereocenters. The highest BCUT2D eigenvalue weighted by atomic mass is 32.1. The molecule has 1 heteroatoms. The van der Waals surface area contributed by atoms with Crippen LogP contribution in [-0.2, 0) is 0 Å². The van der Waals surface area contributed by atoms with E-state index in [1.165, 1.54) is 10.4 Å². The van der Waals surface area contributed by atoms with Gasteiger partial charge in [0.1, 0.15) is 0 Å². The van der Waals surface area contributed by atoms with Crippen molar-refractivity contribution in [2.45, 2.75) is 0 Å². The minimum Gasteiger partial charge on any atom is -0.144 e. The lowest BCUT2D eigenvalue weighted by atomic mass is 10.1. The predicted octanol–water partition coefficient (Wildman–Crippen LogP) is 5.12. The van der Waals surface area contributed by atoms with Crippen molar-refractivity contribution in [3.8, 4) is 0 Å². The van der Waals surface area contributed by atoms with E-state index in [1.54, 1.807) is 11.3 Å². The summed E-state index contributed by atoms with van der Waals surface area (Å²) in [5, 5.41) is 2.08. The van der Waals surface area contributed by atoms with Gasteiger partial charge >= 0.3 is 0 Å². The van der Waals surface area contributed by atoms with Crippen molar-refractivity contribution in [2.75, 3.05) is 0 Å². The standard InChI is InChI=1S/C16H14S/c1-2-14-8-3-4-9-15(14)10-5-6-11-16-12-7-13-17-16/h2-13H,1H2/b10-5+,11-6+. The highest BCUT2D eigenvalue weighted by molar-refractivity contribution is 7.10. The maximum absolute atomic E-state index is 3.81. The maximum atomic E-state index is 3.81. The number of benzene rings is 1. The molecular formula is C16H14S. The Morgan fingerprint density at radius 1 is 0.882 bits per heavy atom. The van der Waals surface area contributed by atoms with Gasteiger partial charge in [-0.1, -0.05) is 61.2 Å². The molecule has 0 aliphatic rings. The first kappa shape index (κ1) is 11.6. The van der Waals surface area contributed by atoms with Gasteiger partial charge in [0.25, 0.3) is 0 Å². The van der Waals surface area contributed by atoms with Crippen molar-refractivity contribution in [1.82, 2.24) is 0 Å². The van der Waals surface area contributed by atoms with Gasteiger partial charge in [0, 0.05) is 4.88 Å². The Morgan fingerprint density at radius 3 is 2.35 bits per heavy atom. The smallest absolute Gasteiger partial charge is 0.0270 e. The second kappa shape index (κ2) is 6.02. The molecule has 17 heavy (non-hydrogen) atoms. The topological polar surface area (TPSA) is 0 Å². The molecule has 1 heterocycles. The van der Waals surface area contributed by atoms with Crippen molar-refractivity contribution in [3.63, 3.8) is 0 Å². The normalized spacial score (nSPS) is 11.3. The summed E-state index contributed by atoms with van der Waals surface area (Å²) in [6.07, 6.45) is 10.2.